The molecular weight excluding hydrogens is 290 g/mol. The van der Waals surface area contributed by atoms with E-state index >= 15 is 0 Å². The molecule has 0 aromatic heterocycles. The minimum atomic E-state index is -1.25. The van der Waals surface area contributed by atoms with Crippen molar-refractivity contribution in [1.29, 1.82) is 0 Å². The lowest BCUT2D eigenvalue weighted by molar-refractivity contribution is -0.146. The van der Waals surface area contributed by atoms with Crippen molar-refractivity contribution in [2.24, 2.45) is 11.8 Å². The zero-order valence-corrected chi connectivity index (χ0v) is 11.3. The Morgan fingerprint density at radius 1 is 1.12 bits per heavy atom. The van der Waals surface area contributed by atoms with Crippen molar-refractivity contribution in [3.8, 4) is 0 Å². The number of ether oxygens (including phenoxy) is 1. The molecule has 0 amide bonds. The second-order valence-corrected chi connectivity index (χ2v) is 5.12. The molecule has 0 aromatic carbocycles. The van der Waals surface area contributed by atoms with Gasteiger partial charge in [0.15, 0.2) is 0 Å². The van der Waals surface area contributed by atoms with Gasteiger partial charge in [-0.15, -0.1) is 0 Å². The van der Waals surface area contributed by atoms with Crippen LogP contribution in [-0.2, 0) is 19.1 Å². The molecule has 0 aromatic rings. The smallest absolute Gasteiger partial charge is 0.253 e. The highest BCUT2D eigenvalue weighted by atomic mass is 35.5. The fourth-order valence-electron chi connectivity index (χ4n) is 2.14. The van der Waals surface area contributed by atoms with Crippen LogP contribution in [0, 0.1) is 11.8 Å². The van der Waals surface area contributed by atoms with Crippen molar-refractivity contribution >= 4 is 50.5 Å². The Morgan fingerprint density at radius 2 is 1.65 bits per heavy atom. The Hall–Kier alpha value is -0.160. The van der Waals surface area contributed by atoms with Crippen molar-refractivity contribution < 1.29 is 19.1 Å². The maximum atomic E-state index is 11.4. The van der Waals surface area contributed by atoms with Crippen molar-refractivity contribution in [2.45, 2.75) is 24.9 Å². The molecule has 0 N–H and O–H groups in total. The highest BCUT2D eigenvalue weighted by Crippen LogP contribution is 2.41. The number of carbonyl (C=O) groups excluding carboxylic acids is 3. The van der Waals surface area contributed by atoms with E-state index in [4.69, 9.17) is 39.5 Å². The van der Waals surface area contributed by atoms with Gasteiger partial charge in [0.05, 0.1) is 0 Å². The molecule has 96 valence electrons. The van der Waals surface area contributed by atoms with Crippen LogP contribution in [0.3, 0.4) is 0 Å². The van der Waals surface area contributed by atoms with Crippen LogP contribution >= 0.6 is 34.8 Å². The molecule has 0 aliphatic heterocycles. The summed E-state index contributed by atoms with van der Waals surface area (Å²) in [6.45, 7) is 0. The van der Waals surface area contributed by atoms with Crippen molar-refractivity contribution in [3.63, 3.8) is 0 Å². The van der Waals surface area contributed by atoms with Crippen LogP contribution in [0.25, 0.3) is 0 Å². The van der Waals surface area contributed by atoms with Gasteiger partial charge in [-0.3, -0.25) is 14.4 Å². The lowest BCUT2D eigenvalue weighted by atomic mass is 9.73. The third-order valence-electron chi connectivity index (χ3n) is 3.23. The van der Waals surface area contributed by atoms with E-state index in [2.05, 4.69) is 0 Å². The van der Waals surface area contributed by atoms with E-state index in [0.717, 1.165) is 0 Å². The zero-order valence-electron chi connectivity index (χ0n) is 9.04. The Bertz CT molecular complexity index is 357. The van der Waals surface area contributed by atoms with Gasteiger partial charge in [0.25, 0.3) is 5.24 Å². The minimum Gasteiger partial charge on any atom is -0.369 e. The molecule has 7 heteroatoms. The van der Waals surface area contributed by atoms with E-state index in [1.807, 2.05) is 0 Å². The van der Waals surface area contributed by atoms with Crippen LogP contribution in [0.15, 0.2) is 0 Å². The predicted octanol–water partition coefficient (Wildman–Crippen LogP) is 2.08. The molecule has 1 fully saturated rings. The summed E-state index contributed by atoms with van der Waals surface area (Å²) in [7, 11) is 1.33. The summed E-state index contributed by atoms with van der Waals surface area (Å²) in [6, 6.07) is 0. The van der Waals surface area contributed by atoms with Gasteiger partial charge in [0.2, 0.25) is 10.5 Å². The van der Waals surface area contributed by atoms with Gasteiger partial charge < -0.3 is 4.74 Å². The minimum absolute atomic E-state index is 0.0166. The van der Waals surface area contributed by atoms with Crippen LogP contribution in [0.5, 0.6) is 0 Å². The Labute approximate surface area is 114 Å². The van der Waals surface area contributed by atoms with Crippen LogP contribution in [0.2, 0.25) is 0 Å². The van der Waals surface area contributed by atoms with Gasteiger partial charge in [-0.25, -0.2) is 0 Å². The number of methoxy groups -OCH3 is 1. The molecular formula is C10H11Cl3O4. The molecule has 1 rings (SSSR count). The lowest BCUT2D eigenvalue weighted by Gasteiger charge is -2.38. The number of hydrogen-bond donors (Lipinski definition) is 0. The molecule has 4 nitrogen and oxygen atoms in total. The Balaban J connectivity index is 2.99. The Morgan fingerprint density at radius 3 is 2.00 bits per heavy atom. The summed E-state index contributed by atoms with van der Waals surface area (Å²) in [5.41, 5.74) is -1.25. The van der Waals surface area contributed by atoms with E-state index < -0.39 is 33.2 Å². The second kappa shape index (κ2) is 5.65. The van der Waals surface area contributed by atoms with E-state index in [1.165, 1.54) is 7.11 Å². The predicted molar refractivity (Wildman–Crippen MR) is 63.2 cm³/mol. The maximum Gasteiger partial charge on any atom is 0.253 e. The topological polar surface area (TPSA) is 60.4 Å². The molecule has 3 atom stereocenters. The van der Waals surface area contributed by atoms with Gasteiger partial charge in [-0.05, 0) is 54.1 Å². The van der Waals surface area contributed by atoms with Crippen LogP contribution < -0.4 is 0 Å². The van der Waals surface area contributed by atoms with E-state index in [0.29, 0.717) is 0 Å². The first-order chi connectivity index (χ1) is 7.84. The van der Waals surface area contributed by atoms with Gasteiger partial charge in [-0.1, -0.05) is 0 Å². The highest BCUT2D eigenvalue weighted by molar-refractivity contribution is 6.67. The first kappa shape index (κ1) is 14.9. The third kappa shape index (κ3) is 2.99. The van der Waals surface area contributed by atoms with Gasteiger partial charge in [0, 0.05) is 18.9 Å². The molecule has 0 bridgehead atoms. The molecule has 0 radical (unpaired) electrons. The van der Waals surface area contributed by atoms with E-state index in [-0.39, 0.29) is 19.3 Å². The lowest BCUT2D eigenvalue weighted by Crippen LogP contribution is -2.48. The monoisotopic (exact) mass is 300 g/mol. The van der Waals surface area contributed by atoms with Crippen molar-refractivity contribution in [2.75, 3.05) is 7.11 Å². The molecule has 0 spiro atoms. The van der Waals surface area contributed by atoms with Gasteiger partial charge in [0.1, 0.15) is 5.60 Å². The summed E-state index contributed by atoms with van der Waals surface area (Å²) in [4.78, 5) is 33.8. The van der Waals surface area contributed by atoms with Crippen molar-refractivity contribution in [1.82, 2.24) is 0 Å². The fourth-order valence-corrected chi connectivity index (χ4v) is 2.88. The summed E-state index contributed by atoms with van der Waals surface area (Å²) < 4.78 is 5.10. The van der Waals surface area contributed by atoms with E-state index in [1.54, 1.807) is 0 Å². The standard InChI is InChI=1S/C10H11Cl3O4/c1-17-10(9(13)16)3-2-5(7(11)14)6(4-10)8(12)15/h5-6H,2-4H2,1H3. The summed E-state index contributed by atoms with van der Waals surface area (Å²) in [5.74, 6) is -1.51. The Kier molecular flexibility index (Phi) is 4.95. The maximum absolute atomic E-state index is 11.4. The largest absolute Gasteiger partial charge is 0.369 e. The number of halogens is 3. The molecule has 0 saturated heterocycles. The first-order valence-electron chi connectivity index (χ1n) is 4.98. The molecule has 17 heavy (non-hydrogen) atoms. The average Bonchev–Trinajstić information content (AvgIpc) is 2.27. The molecule has 3 unspecified atom stereocenters. The summed E-state index contributed by atoms with van der Waals surface area (Å²) >= 11 is 16.3. The SMILES string of the molecule is COC1(C(=O)Cl)CCC(C(=O)Cl)C(C(=O)Cl)C1. The van der Waals surface area contributed by atoms with Crippen molar-refractivity contribution in [3.05, 3.63) is 0 Å². The summed E-state index contributed by atoms with van der Waals surface area (Å²) in [6.07, 6.45) is 0.477. The zero-order chi connectivity index (χ0) is 13.2. The number of rotatable bonds is 4. The second-order valence-electron chi connectivity index (χ2n) is 4.04. The highest BCUT2D eigenvalue weighted by Gasteiger charge is 2.49. The normalized spacial score (nSPS) is 33.2. The number of hydrogen-bond acceptors (Lipinski definition) is 4. The van der Waals surface area contributed by atoms with E-state index in [9.17, 15) is 14.4 Å². The first-order valence-corrected chi connectivity index (χ1v) is 6.11. The molecule has 1 aliphatic carbocycles. The van der Waals surface area contributed by atoms with Gasteiger partial charge in [-0.2, -0.15) is 0 Å². The molecule has 0 heterocycles. The molecule has 1 aliphatic rings. The van der Waals surface area contributed by atoms with Gasteiger partial charge >= 0.3 is 0 Å². The quantitative estimate of drug-likeness (QED) is 0.746. The van der Waals surface area contributed by atoms with Crippen LogP contribution in [0.4, 0.5) is 0 Å². The third-order valence-corrected chi connectivity index (χ3v) is 4.13. The van der Waals surface area contributed by atoms with Crippen LogP contribution in [0.1, 0.15) is 19.3 Å². The summed E-state index contributed by atoms with van der Waals surface area (Å²) in [5, 5.41) is -2.03. The average molecular weight is 302 g/mol. The fraction of sp³-hybridized carbons (Fsp3) is 0.700. The number of carbonyl (C=O) groups is 3. The molecule has 1 saturated carbocycles. The van der Waals surface area contributed by atoms with Crippen LogP contribution in [-0.4, -0.2) is 28.4 Å².